The number of rotatable bonds is 7. The van der Waals surface area contributed by atoms with Gasteiger partial charge in [0.2, 0.25) is 0 Å². The lowest BCUT2D eigenvalue weighted by Crippen LogP contribution is -2.41. The Bertz CT molecular complexity index is 698. The van der Waals surface area contributed by atoms with Crippen LogP contribution in [-0.2, 0) is 6.54 Å². The first-order valence-electron chi connectivity index (χ1n) is 8.17. The van der Waals surface area contributed by atoms with Gasteiger partial charge in [0, 0.05) is 37.9 Å². The Kier molecular flexibility index (Phi) is 7.34. The molecule has 0 aliphatic rings. The average molecular weight is 360 g/mol. The zero-order valence-corrected chi connectivity index (χ0v) is 15.6. The Labute approximate surface area is 152 Å². The van der Waals surface area contributed by atoms with Crippen molar-refractivity contribution in [1.29, 1.82) is 0 Å². The highest BCUT2D eigenvalue weighted by atomic mass is 32.1. The molecule has 0 aromatic carbocycles. The number of pyridine rings is 1. The first-order valence-corrected chi connectivity index (χ1v) is 9.05. The van der Waals surface area contributed by atoms with Gasteiger partial charge in [0.05, 0.1) is 17.8 Å². The van der Waals surface area contributed by atoms with Crippen molar-refractivity contribution < 1.29 is 4.79 Å². The molecule has 0 aliphatic carbocycles. The number of nitrogens with one attached hydrogen (secondary N) is 3. The van der Waals surface area contributed by atoms with Gasteiger partial charge in [-0.1, -0.05) is 13.8 Å². The van der Waals surface area contributed by atoms with E-state index in [0.717, 1.165) is 10.7 Å². The lowest BCUT2D eigenvalue weighted by molar-refractivity contribution is 0.0954. The van der Waals surface area contributed by atoms with Gasteiger partial charge in [-0.15, -0.1) is 11.3 Å². The first-order chi connectivity index (χ1) is 12.1. The number of thiazole rings is 1. The number of guanidine groups is 1. The number of amides is 1. The largest absolute Gasteiger partial charge is 0.355 e. The molecular formula is C17H24N6OS. The van der Waals surface area contributed by atoms with Crippen molar-refractivity contribution in [2.75, 3.05) is 20.1 Å². The van der Waals surface area contributed by atoms with Gasteiger partial charge in [0.25, 0.3) is 5.91 Å². The molecule has 7 nitrogen and oxygen atoms in total. The van der Waals surface area contributed by atoms with Gasteiger partial charge in [-0.05, 0) is 18.1 Å². The van der Waals surface area contributed by atoms with E-state index in [1.165, 1.54) is 0 Å². The van der Waals surface area contributed by atoms with Gasteiger partial charge in [0.1, 0.15) is 5.01 Å². The van der Waals surface area contributed by atoms with Gasteiger partial charge in [-0.25, -0.2) is 4.98 Å². The Hall–Kier alpha value is -2.48. The van der Waals surface area contributed by atoms with Crippen LogP contribution < -0.4 is 16.0 Å². The standard InChI is InChI=1S/C17H24N6OS/c1-12(2)14-11-25-15(23-14)10-22-17(18-3)21-8-7-20-16(24)13-5-4-6-19-9-13/h4-6,9,11-12H,7-8,10H2,1-3H3,(H,20,24)(H2,18,21,22). The summed E-state index contributed by atoms with van der Waals surface area (Å²) in [6, 6.07) is 3.47. The molecule has 2 aromatic heterocycles. The Balaban J connectivity index is 1.69. The van der Waals surface area contributed by atoms with Crippen molar-refractivity contribution in [1.82, 2.24) is 25.9 Å². The number of hydrogen-bond acceptors (Lipinski definition) is 5. The molecule has 2 rings (SSSR count). The number of nitrogens with zero attached hydrogens (tertiary/aromatic N) is 3. The van der Waals surface area contributed by atoms with Crippen molar-refractivity contribution in [3.05, 3.63) is 46.2 Å². The molecule has 25 heavy (non-hydrogen) atoms. The van der Waals surface area contributed by atoms with Crippen LogP contribution in [0.1, 0.15) is 40.8 Å². The molecular weight excluding hydrogens is 336 g/mol. The molecule has 3 N–H and O–H groups in total. The van der Waals surface area contributed by atoms with E-state index < -0.39 is 0 Å². The van der Waals surface area contributed by atoms with Gasteiger partial charge in [-0.3, -0.25) is 14.8 Å². The minimum atomic E-state index is -0.137. The van der Waals surface area contributed by atoms with Crippen LogP contribution in [-0.4, -0.2) is 42.0 Å². The smallest absolute Gasteiger partial charge is 0.252 e. The Morgan fingerprint density at radius 1 is 1.28 bits per heavy atom. The molecule has 0 radical (unpaired) electrons. The molecule has 0 atom stereocenters. The maximum absolute atomic E-state index is 11.9. The number of aromatic nitrogens is 2. The summed E-state index contributed by atoms with van der Waals surface area (Å²) in [6.45, 7) is 5.95. The van der Waals surface area contributed by atoms with E-state index in [1.807, 2.05) is 0 Å². The second kappa shape index (κ2) is 9.73. The molecule has 0 saturated carbocycles. The third kappa shape index (κ3) is 6.15. The van der Waals surface area contributed by atoms with E-state index in [2.05, 4.69) is 50.1 Å². The molecule has 2 heterocycles. The third-order valence-corrected chi connectivity index (χ3v) is 4.29. The summed E-state index contributed by atoms with van der Waals surface area (Å²) in [7, 11) is 1.71. The van der Waals surface area contributed by atoms with Crippen LogP contribution in [0, 0.1) is 0 Å². The number of carbonyl (C=O) groups excluding carboxylic acids is 1. The van der Waals surface area contributed by atoms with Crippen LogP contribution in [0.25, 0.3) is 0 Å². The summed E-state index contributed by atoms with van der Waals surface area (Å²) >= 11 is 1.64. The van der Waals surface area contributed by atoms with E-state index in [9.17, 15) is 4.79 Å². The van der Waals surface area contributed by atoms with E-state index in [-0.39, 0.29) is 5.91 Å². The van der Waals surface area contributed by atoms with Crippen molar-refractivity contribution in [3.8, 4) is 0 Å². The highest BCUT2D eigenvalue weighted by Crippen LogP contribution is 2.17. The van der Waals surface area contributed by atoms with Gasteiger partial charge < -0.3 is 16.0 Å². The molecule has 0 spiro atoms. The summed E-state index contributed by atoms with van der Waals surface area (Å²) in [5.41, 5.74) is 1.66. The van der Waals surface area contributed by atoms with Crippen molar-refractivity contribution >= 4 is 23.2 Å². The van der Waals surface area contributed by atoms with Crippen LogP contribution >= 0.6 is 11.3 Å². The minimum absolute atomic E-state index is 0.137. The van der Waals surface area contributed by atoms with Crippen molar-refractivity contribution in [2.24, 2.45) is 4.99 Å². The Morgan fingerprint density at radius 2 is 2.08 bits per heavy atom. The highest BCUT2D eigenvalue weighted by molar-refractivity contribution is 7.09. The second-order valence-corrected chi connectivity index (χ2v) is 6.61. The van der Waals surface area contributed by atoms with Crippen molar-refractivity contribution in [2.45, 2.75) is 26.3 Å². The van der Waals surface area contributed by atoms with E-state index in [1.54, 1.807) is 42.9 Å². The number of hydrogen-bond donors (Lipinski definition) is 3. The molecule has 0 aliphatic heterocycles. The molecule has 0 bridgehead atoms. The number of aliphatic imine (C=N–C) groups is 1. The summed E-state index contributed by atoms with van der Waals surface area (Å²) in [4.78, 5) is 24.6. The summed E-state index contributed by atoms with van der Waals surface area (Å²) in [5.74, 6) is 0.977. The van der Waals surface area contributed by atoms with E-state index >= 15 is 0 Å². The summed E-state index contributed by atoms with van der Waals surface area (Å²) < 4.78 is 0. The van der Waals surface area contributed by atoms with Crippen LogP contribution in [0.4, 0.5) is 0 Å². The van der Waals surface area contributed by atoms with Gasteiger partial charge in [-0.2, -0.15) is 0 Å². The average Bonchev–Trinajstić information content (AvgIpc) is 3.11. The predicted octanol–water partition coefficient (Wildman–Crippen LogP) is 1.76. The van der Waals surface area contributed by atoms with E-state index in [0.29, 0.717) is 37.1 Å². The topological polar surface area (TPSA) is 91.3 Å². The molecule has 0 unspecified atom stereocenters. The monoisotopic (exact) mass is 360 g/mol. The highest BCUT2D eigenvalue weighted by Gasteiger charge is 2.07. The fourth-order valence-corrected chi connectivity index (χ4v) is 2.90. The van der Waals surface area contributed by atoms with Crippen LogP contribution in [0.2, 0.25) is 0 Å². The normalized spacial score (nSPS) is 11.4. The third-order valence-electron chi connectivity index (χ3n) is 3.42. The Morgan fingerprint density at radius 3 is 2.72 bits per heavy atom. The second-order valence-electron chi connectivity index (χ2n) is 5.67. The predicted molar refractivity (Wildman–Crippen MR) is 101 cm³/mol. The molecule has 134 valence electrons. The molecule has 8 heteroatoms. The molecule has 2 aromatic rings. The van der Waals surface area contributed by atoms with Gasteiger partial charge >= 0.3 is 0 Å². The summed E-state index contributed by atoms with van der Waals surface area (Å²) in [6.07, 6.45) is 3.18. The SMILES string of the molecule is CN=C(NCCNC(=O)c1cccnc1)NCc1nc(C(C)C)cs1. The molecule has 1 amide bonds. The zero-order valence-electron chi connectivity index (χ0n) is 14.7. The van der Waals surface area contributed by atoms with Crippen molar-refractivity contribution in [3.63, 3.8) is 0 Å². The lowest BCUT2D eigenvalue weighted by Gasteiger charge is -2.11. The quantitative estimate of drug-likeness (QED) is 0.398. The first kappa shape index (κ1) is 18.9. The summed E-state index contributed by atoms with van der Waals surface area (Å²) in [5, 5.41) is 12.3. The van der Waals surface area contributed by atoms with E-state index in [4.69, 9.17) is 0 Å². The maximum Gasteiger partial charge on any atom is 0.252 e. The zero-order chi connectivity index (χ0) is 18.1. The lowest BCUT2D eigenvalue weighted by atomic mass is 10.2. The fourth-order valence-electron chi connectivity index (χ4n) is 2.01. The fraction of sp³-hybridized carbons (Fsp3) is 0.412. The molecule has 0 saturated heterocycles. The van der Waals surface area contributed by atoms with Crippen LogP contribution in [0.3, 0.4) is 0 Å². The number of carbonyl (C=O) groups is 1. The van der Waals surface area contributed by atoms with Gasteiger partial charge in [0.15, 0.2) is 5.96 Å². The van der Waals surface area contributed by atoms with Crippen LogP contribution in [0.5, 0.6) is 0 Å². The molecule has 0 fully saturated rings. The maximum atomic E-state index is 11.9. The minimum Gasteiger partial charge on any atom is -0.355 e. The van der Waals surface area contributed by atoms with Crippen LogP contribution in [0.15, 0.2) is 34.9 Å².